The first kappa shape index (κ1) is 13.1. The highest BCUT2D eigenvalue weighted by atomic mass is 35.5. The lowest BCUT2D eigenvalue weighted by molar-refractivity contribution is 0.0700. The van der Waals surface area contributed by atoms with Crippen molar-refractivity contribution < 1.29 is 4.79 Å². The fraction of sp³-hybridized carbons (Fsp3) is 0.538. The summed E-state index contributed by atoms with van der Waals surface area (Å²) in [6.07, 6.45) is 5.69. The van der Waals surface area contributed by atoms with E-state index >= 15 is 0 Å². The van der Waals surface area contributed by atoms with Gasteiger partial charge < -0.3 is 9.88 Å². The van der Waals surface area contributed by atoms with E-state index in [4.69, 9.17) is 11.6 Å². The van der Waals surface area contributed by atoms with Crippen molar-refractivity contribution in [1.82, 2.24) is 9.88 Å². The summed E-state index contributed by atoms with van der Waals surface area (Å²) in [7, 11) is 0. The van der Waals surface area contributed by atoms with E-state index < -0.39 is 0 Å². The van der Waals surface area contributed by atoms with Crippen LogP contribution in [0.25, 0.3) is 0 Å². The number of alkyl halides is 1. The van der Waals surface area contributed by atoms with Gasteiger partial charge in [-0.15, -0.1) is 11.6 Å². The maximum atomic E-state index is 12.4. The zero-order valence-corrected chi connectivity index (χ0v) is 10.9. The van der Waals surface area contributed by atoms with Crippen LogP contribution in [-0.2, 0) is 0 Å². The van der Waals surface area contributed by atoms with Crippen molar-refractivity contribution in [3.8, 4) is 0 Å². The molecule has 0 bridgehead atoms. The quantitative estimate of drug-likeness (QED) is 0.834. The lowest BCUT2D eigenvalue weighted by atomic mass is 10.1. The first-order valence-electron chi connectivity index (χ1n) is 6.28. The van der Waals surface area contributed by atoms with Gasteiger partial charge in [0, 0.05) is 36.3 Å². The lowest BCUT2D eigenvalue weighted by Gasteiger charge is -2.28. The second-order valence-electron chi connectivity index (χ2n) is 4.60. The summed E-state index contributed by atoms with van der Waals surface area (Å²) in [6, 6.07) is 3.07. The summed E-state index contributed by atoms with van der Waals surface area (Å²) >= 11 is 5.95. The summed E-state index contributed by atoms with van der Waals surface area (Å²) in [5.41, 5.74) is 0.189. The molecule has 1 aliphatic rings. The predicted octanol–water partition coefficient (Wildman–Crippen LogP) is 2.00. The molecule has 1 aromatic rings. The number of rotatable bonds is 2. The van der Waals surface area contributed by atoms with Gasteiger partial charge in [-0.05, 0) is 18.9 Å². The largest absolute Gasteiger partial charge is 0.334 e. The van der Waals surface area contributed by atoms with Crippen molar-refractivity contribution in [2.75, 3.05) is 12.4 Å². The van der Waals surface area contributed by atoms with Crippen LogP contribution in [-0.4, -0.2) is 34.3 Å². The SMILES string of the molecule is O=C(c1cc[nH]c(=O)c1)N1CCCCCC1CCl. The molecular weight excluding hydrogens is 252 g/mol. The number of pyridine rings is 1. The third kappa shape index (κ3) is 2.93. The highest BCUT2D eigenvalue weighted by Gasteiger charge is 2.25. The molecule has 0 aromatic carbocycles. The standard InChI is InChI=1S/C13H17ClN2O2/c14-9-11-4-2-1-3-7-16(11)13(18)10-5-6-15-12(17)8-10/h5-6,8,11H,1-4,7,9H2,(H,15,17). The number of nitrogens with zero attached hydrogens (tertiary/aromatic N) is 1. The number of carbonyl (C=O) groups is 1. The number of likely N-dealkylation sites (tertiary alicyclic amines) is 1. The molecule has 1 atom stereocenters. The van der Waals surface area contributed by atoms with Crippen molar-refractivity contribution in [3.63, 3.8) is 0 Å². The van der Waals surface area contributed by atoms with Gasteiger partial charge >= 0.3 is 0 Å². The van der Waals surface area contributed by atoms with Crippen molar-refractivity contribution in [3.05, 3.63) is 34.2 Å². The number of carbonyl (C=O) groups excluding carboxylic acids is 1. The molecule has 0 spiro atoms. The molecular formula is C13H17ClN2O2. The van der Waals surface area contributed by atoms with Gasteiger partial charge in [0.25, 0.3) is 5.91 Å². The van der Waals surface area contributed by atoms with E-state index in [1.165, 1.54) is 12.3 Å². The van der Waals surface area contributed by atoms with Crippen molar-refractivity contribution in [1.29, 1.82) is 0 Å². The van der Waals surface area contributed by atoms with Gasteiger partial charge in [0.2, 0.25) is 5.56 Å². The molecule has 1 unspecified atom stereocenters. The smallest absolute Gasteiger partial charge is 0.254 e. The molecule has 2 rings (SSSR count). The Hall–Kier alpha value is -1.29. The number of amides is 1. The van der Waals surface area contributed by atoms with E-state index in [9.17, 15) is 9.59 Å². The van der Waals surface area contributed by atoms with Crippen molar-refractivity contribution in [2.45, 2.75) is 31.7 Å². The van der Waals surface area contributed by atoms with Crippen LogP contribution in [0.15, 0.2) is 23.1 Å². The van der Waals surface area contributed by atoms with E-state index in [1.807, 2.05) is 4.90 Å². The van der Waals surface area contributed by atoms with Crippen LogP contribution in [0, 0.1) is 0 Å². The molecule has 98 valence electrons. The van der Waals surface area contributed by atoms with Crippen LogP contribution in [0.4, 0.5) is 0 Å². The van der Waals surface area contributed by atoms with Gasteiger partial charge in [-0.1, -0.05) is 12.8 Å². The van der Waals surface area contributed by atoms with Crippen LogP contribution < -0.4 is 5.56 Å². The highest BCUT2D eigenvalue weighted by Crippen LogP contribution is 2.19. The normalized spacial score (nSPS) is 20.5. The fourth-order valence-electron chi connectivity index (χ4n) is 2.35. The van der Waals surface area contributed by atoms with Crippen LogP contribution in [0.2, 0.25) is 0 Å². The summed E-state index contributed by atoms with van der Waals surface area (Å²) in [5, 5.41) is 0. The fourth-order valence-corrected chi connectivity index (χ4v) is 2.67. The molecule has 0 saturated carbocycles. The molecule has 1 saturated heterocycles. The third-order valence-corrected chi connectivity index (χ3v) is 3.69. The Morgan fingerprint density at radius 3 is 3.00 bits per heavy atom. The molecule has 18 heavy (non-hydrogen) atoms. The lowest BCUT2D eigenvalue weighted by Crippen LogP contribution is -2.41. The second-order valence-corrected chi connectivity index (χ2v) is 4.91. The second kappa shape index (κ2) is 6.05. The van der Waals surface area contributed by atoms with Gasteiger partial charge in [0.1, 0.15) is 0 Å². The maximum Gasteiger partial charge on any atom is 0.254 e. The Labute approximate surface area is 111 Å². The van der Waals surface area contributed by atoms with Crippen molar-refractivity contribution in [2.24, 2.45) is 0 Å². The highest BCUT2D eigenvalue weighted by molar-refractivity contribution is 6.18. The Morgan fingerprint density at radius 2 is 2.28 bits per heavy atom. The van der Waals surface area contributed by atoms with Gasteiger partial charge in [-0.3, -0.25) is 9.59 Å². The van der Waals surface area contributed by atoms with E-state index in [0.717, 1.165) is 32.2 Å². The van der Waals surface area contributed by atoms with E-state index in [2.05, 4.69) is 4.98 Å². The monoisotopic (exact) mass is 268 g/mol. The number of hydrogen-bond acceptors (Lipinski definition) is 2. The van der Waals surface area contributed by atoms with Crippen LogP contribution in [0.5, 0.6) is 0 Å². The number of nitrogens with one attached hydrogen (secondary N) is 1. The minimum atomic E-state index is -0.252. The number of halogens is 1. The van der Waals surface area contributed by atoms with Gasteiger partial charge in [0.15, 0.2) is 0 Å². The van der Waals surface area contributed by atoms with Gasteiger partial charge in [0.05, 0.1) is 0 Å². The molecule has 5 heteroatoms. The zero-order chi connectivity index (χ0) is 13.0. The first-order valence-corrected chi connectivity index (χ1v) is 6.81. The molecule has 2 heterocycles. The summed E-state index contributed by atoms with van der Waals surface area (Å²) in [5.74, 6) is 0.364. The van der Waals surface area contributed by atoms with Gasteiger partial charge in [-0.2, -0.15) is 0 Å². The van der Waals surface area contributed by atoms with Crippen LogP contribution >= 0.6 is 11.6 Å². The minimum Gasteiger partial charge on any atom is -0.334 e. The Morgan fingerprint density at radius 1 is 1.44 bits per heavy atom. The average Bonchev–Trinajstić information content (AvgIpc) is 2.62. The molecule has 4 nitrogen and oxygen atoms in total. The third-order valence-electron chi connectivity index (χ3n) is 3.34. The Bertz CT molecular complexity index is 472. The van der Waals surface area contributed by atoms with E-state index in [0.29, 0.717) is 11.4 Å². The van der Waals surface area contributed by atoms with Crippen LogP contribution in [0.3, 0.4) is 0 Å². The summed E-state index contributed by atoms with van der Waals surface area (Å²) in [4.78, 5) is 28.0. The molecule has 1 aliphatic heterocycles. The molecule has 1 N–H and O–H groups in total. The number of H-pyrrole nitrogens is 1. The Kier molecular flexibility index (Phi) is 4.42. The van der Waals surface area contributed by atoms with Gasteiger partial charge in [-0.25, -0.2) is 0 Å². The van der Waals surface area contributed by atoms with Crippen molar-refractivity contribution >= 4 is 17.5 Å². The number of aromatic nitrogens is 1. The minimum absolute atomic E-state index is 0.0842. The molecule has 1 amide bonds. The molecule has 0 radical (unpaired) electrons. The van der Waals surface area contributed by atoms with E-state index in [1.54, 1.807) is 6.07 Å². The average molecular weight is 269 g/mol. The molecule has 1 aromatic heterocycles. The maximum absolute atomic E-state index is 12.4. The topological polar surface area (TPSA) is 53.2 Å². The number of aromatic amines is 1. The first-order chi connectivity index (χ1) is 8.72. The predicted molar refractivity (Wildman–Crippen MR) is 71.1 cm³/mol. The summed E-state index contributed by atoms with van der Waals surface area (Å²) in [6.45, 7) is 0.725. The molecule has 1 fully saturated rings. The molecule has 0 aliphatic carbocycles. The van der Waals surface area contributed by atoms with Crippen LogP contribution in [0.1, 0.15) is 36.0 Å². The number of hydrogen-bond donors (Lipinski definition) is 1. The Balaban J connectivity index is 2.22. The van der Waals surface area contributed by atoms with E-state index in [-0.39, 0.29) is 17.5 Å². The zero-order valence-electron chi connectivity index (χ0n) is 10.2. The summed E-state index contributed by atoms with van der Waals surface area (Å²) < 4.78 is 0.